The van der Waals surface area contributed by atoms with Gasteiger partial charge in [-0.15, -0.1) is 0 Å². The van der Waals surface area contributed by atoms with E-state index in [1.54, 1.807) is 39.2 Å². The lowest BCUT2D eigenvalue weighted by Gasteiger charge is -2.16. The van der Waals surface area contributed by atoms with E-state index in [2.05, 4.69) is 15.0 Å². The molecule has 0 bridgehead atoms. The zero-order valence-electron chi connectivity index (χ0n) is 17.0. The van der Waals surface area contributed by atoms with Crippen molar-refractivity contribution in [1.82, 2.24) is 19.5 Å². The number of hydrogen-bond donors (Lipinski definition) is 1. The van der Waals surface area contributed by atoms with Gasteiger partial charge in [0.1, 0.15) is 17.6 Å². The molecular weight excluding hydrogens is 380 g/mol. The van der Waals surface area contributed by atoms with Crippen LogP contribution in [0.25, 0.3) is 22.2 Å². The highest BCUT2D eigenvalue weighted by Crippen LogP contribution is 2.27. The normalized spacial score (nSPS) is 11.6. The fourth-order valence-electron chi connectivity index (χ4n) is 3.07. The molecule has 1 N–H and O–H groups in total. The third-order valence-corrected chi connectivity index (χ3v) is 4.77. The second-order valence-corrected chi connectivity index (χ2v) is 7.63. The molecule has 1 aromatic carbocycles. The van der Waals surface area contributed by atoms with Gasteiger partial charge in [-0.05, 0) is 37.6 Å². The summed E-state index contributed by atoms with van der Waals surface area (Å²) in [5, 5.41) is 10.5. The van der Waals surface area contributed by atoms with Crippen LogP contribution >= 0.6 is 0 Å². The highest BCUT2D eigenvalue weighted by Gasteiger charge is 2.19. The Morgan fingerprint density at radius 1 is 1.10 bits per heavy atom. The van der Waals surface area contributed by atoms with E-state index in [4.69, 9.17) is 4.74 Å². The highest BCUT2D eigenvalue weighted by molar-refractivity contribution is 5.86. The predicted molar refractivity (Wildman–Crippen MR) is 114 cm³/mol. The Hall–Kier alpha value is -3.58. The molecule has 0 saturated heterocycles. The summed E-state index contributed by atoms with van der Waals surface area (Å²) in [5.41, 5.74) is 2.08. The summed E-state index contributed by atoms with van der Waals surface area (Å²) in [5.74, 6) is 0.228. The molecule has 0 aliphatic carbocycles. The number of rotatable bonds is 5. The van der Waals surface area contributed by atoms with Crippen LogP contribution in [0.2, 0.25) is 0 Å². The van der Waals surface area contributed by atoms with Gasteiger partial charge in [0.25, 0.3) is 5.56 Å². The number of fused-ring (bicyclic) bond motifs is 1. The predicted octanol–water partition coefficient (Wildman–Crippen LogP) is 3.20. The van der Waals surface area contributed by atoms with Crippen molar-refractivity contribution in [2.45, 2.75) is 26.1 Å². The van der Waals surface area contributed by atoms with Crippen LogP contribution in [0.15, 0.2) is 65.8 Å². The molecule has 0 radical (unpaired) electrons. The molecular formula is C23H22N4O3. The van der Waals surface area contributed by atoms with Gasteiger partial charge in [-0.3, -0.25) is 9.78 Å². The van der Waals surface area contributed by atoms with Crippen molar-refractivity contribution in [1.29, 1.82) is 0 Å². The zero-order valence-corrected chi connectivity index (χ0v) is 17.0. The van der Waals surface area contributed by atoms with Gasteiger partial charge in [0.15, 0.2) is 0 Å². The molecule has 0 spiro atoms. The van der Waals surface area contributed by atoms with Crippen LogP contribution in [0.1, 0.15) is 25.1 Å². The Morgan fingerprint density at radius 2 is 1.87 bits per heavy atom. The molecule has 4 aromatic rings. The van der Waals surface area contributed by atoms with Gasteiger partial charge >= 0.3 is 0 Å². The van der Waals surface area contributed by atoms with Gasteiger partial charge in [-0.1, -0.05) is 30.3 Å². The molecule has 0 unspecified atom stereocenters. The minimum Gasteiger partial charge on any atom is -0.472 e. The van der Waals surface area contributed by atoms with Crippen LogP contribution in [-0.2, 0) is 19.3 Å². The number of aryl methyl sites for hydroxylation is 1. The molecule has 4 rings (SSSR count). The number of pyridine rings is 2. The average molecular weight is 402 g/mol. The Labute approximate surface area is 173 Å². The van der Waals surface area contributed by atoms with E-state index in [1.165, 1.54) is 10.9 Å². The molecule has 152 valence electrons. The van der Waals surface area contributed by atoms with E-state index in [1.807, 2.05) is 36.4 Å². The largest absolute Gasteiger partial charge is 0.472 e. The van der Waals surface area contributed by atoms with Crippen molar-refractivity contribution in [3.05, 3.63) is 82.7 Å². The van der Waals surface area contributed by atoms with Crippen molar-refractivity contribution in [2.24, 2.45) is 7.05 Å². The lowest BCUT2D eigenvalue weighted by atomic mass is 10.0. The molecule has 30 heavy (non-hydrogen) atoms. The number of nitrogens with zero attached hydrogens (tertiary/aromatic N) is 4. The lowest BCUT2D eigenvalue weighted by molar-refractivity contribution is 0.0739. The fraction of sp³-hybridized carbons (Fsp3) is 0.217. The second-order valence-electron chi connectivity index (χ2n) is 7.63. The Balaban J connectivity index is 1.80. The highest BCUT2D eigenvalue weighted by atomic mass is 16.5. The second kappa shape index (κ2) is 7.68. The van der Waals surface area contributed by atoms with Gasteiger partial charge in [0, 0.05) is 18.8 Å². The third-order valence-electron chi connectivity index (χ3n) is 4.77. The molecule has 3 heterocycles. The summed E-state index contributed by atoms with van der Waals surface area (Å²) in [4.78, 5) is 26.1. The van der Waals surface area contributed by atoms with E-state index >= 15 is 0 Å². The Morgan fingerprint density at radius 3 is 2.53 bits per heavy atom. The first-order valence-electron chi connectivity index (χ1n) is 9.55. The smallest absolute Gasteiger partial charge is 0.266 e. The van der Waals surface area contributed by atoms with Crippen LogP contribution in [0.3, 0.4) is 0 Å². The Bertz CT molecular complexity index is 1240. The lowest BCUT2D eigenvalue weighted by Crippen LogP contribution is -2.18. The molecule has 0 aliphatic heterocycles. The van der Waals surface area contributed by atoms with E-state index in [0.29, 0.717) is 22.3 Å². The molecule has 7 nitrogen and oxygen atoms in total. The van der Waals surface area contributed by atoms with Gasteiger partial charge in [-0.25, -0.2) is 9.97 Å². The van der Waals surface area contributed by atoms with Crippen LogP contribution in [0.4, 0.5) is 0 Å². The van der Waals surface area contributed by atoms with Gasteiger partial charge in [0.2, 0.25) is 5.88 Å². The van der Waals surface area contributed by atoms with Gasteiger partial charge in [-0.2, -0.15) is 0 Å². The molecule has 7 heteroatoms. The molecule has 3 aromatic heterocycles. The summed E-state index contributed by atoms with van der Waals surface area (Å²) in [6.07, 6.45) is 3.12. The SMILES string of the molecule is Cn1cnc2cc(-c3ccc(C(C)(C)O)nc3)nc(OCc3ccccc3)c2c1=O. The minimum atomic E-state index is -1.03. The van der Waals surface area contributed by atoms with Gasteiger partial charge < -0.3 is 14.4 Å². The average Bonchev–Trinajstić information content (AvgIpc) is 2.74. The van der Waals surface area contributed by atoms with E-state index in [9.17, 15) is 9.90 Å². The van der Waals surface area contributed by atoms with Gasteiger partial charge in [0.05, 0.1) is 23.2 Å². The third kappa shape index (κ3) is 3.92. The van der Waals surface area contributed by atoms with E-state index < -0.39 is 5.60 Å². The van der Waals surface area contributed by atoms with Crippen molar-refractivity contribution < 1.29 is 9.84 Å². The molecule has 0 saturated carbocycles. The first-order chi connectivity index (χ1) is 14.3. The summed E-state index contributed by atoms with van der Waals surface area (Å²) in [6.45, 7) is 3.64. The number of aliphatic hydroxyl groups is 1. The standard InChI is InChI=1S/C23H22N4O3/c1-23(2,29)19-10-9-16(12-24-19)17-11-18-20(22(28)27(3)14-25-18)21(26-17)30-13-15-7-5-4-6-8-15/h4-12,14,29H,13H2,1-3H3. The van der Waals surface area contributed by atoms with Crippen LogP contribution in [-0.4, -0.2) is 24.6 Å². The summed E-state index contributed by atoms with van der Waals surface area (Å²) in [6, 6.07) is 15.0. The Kier molecular flexibility index (Phi) is 5.05. The maximum Gasteiger partial charge on any atom is 0.266 e. The molecule has 0 aliphatic rings. The quantitative estimate of drug-likeness (QED) is 0.551. The fourth-order valence-corrected chi connectivity index (χ4v) is 3.07. The van der Waals surface area contributed by atoms with E-state index in [0.717, 1.165) is 11.1 Å². The van der Waals surface area contributed by atoms with Crippen molar-refractivity contribution >= 4 is 10.9 Å². The monoisotopic (exact) mass is 402 g/mol. The number of aromatic nitrogens is 4. The molecule has 0 fully saturated rings. The first kappa shape index (κ1) is 19.7. The van der Waals surface area contributed by atoms with Crippen LogP contribution in [0.5, 0.6) is 5.88 Å². The minimum absolute atomic E-state index is 0.224. The number of ether oxygens (including phenoxy) is 1. The van der Waals surface area contributed by atoms with Crippen LogP contribution in [0, 0.1) is 0 Å². The zero-order chi connectivity index (χ0) is 21.3. The molecule has 0 amide bonds. The maximum absolute atomic E-state index is 12.7. The number of hydrogen-bond acceptors (Lipinski definition) is 6. The topological polar surface area (TPSA) is 90.1 Å². The summed E-state index contributed by atoms with van der Waals surface area (Å²) in [7, 11) is 1.64. The summed E-state index contributed by atoms with van der Waals surface area (Å²) < 4.78 is 7.36. The number of benzene rings is 1. The summed E-state index contributed by atoms with van der Waals surface area (Å²) >= 11 is 0. The van der Waals surface area contributed by atoms with Crippen LogP contribution < -0.4 is 10.3 Å². The van der Waals surface area contributed by atoms with Crippen molar-refractivity contribution in [3.63, 3.8) is 0 Å². The maximum atomic E-state index is 12.7. The van der Waals surface area contributed by atoms with Crippen molar-refractivity contribution in [2.75, 3.05) is 0 Å². The van der Waals surface area contributed by atoms with Crippen molar-refractivity contribution in [3.8, 4) is 17.1 Å². The molecule has 0 atom stereocenters. The first-order valence-corrected chi connectivity index (χ1v) is 9.55. The van der Waals surface area contributed by atoms with E-state index in [-0.39, 0.29) is 18.0 Å².